The minimum Gasteiger partial charge on any atom is -0.299 e. The number of rotatable bonds is 4. The van der Waals surface area contributed by atoms with E-state index in [4.69, 9.17) is 5.26 Å². The Kier molecular flexibility index (Phi) is 4.37. The Morgan fingerprint density at radius 2 is 1.95 bits per heavy atom. The van der Waals surface area contributed by atoms with E-state index in [-0.39, 0.29) is 17.9 Å². The Hall–Kier alpha value is -2.94. The quantitative estimate of drug-likeness (QED) is 0.791. The lowest BCUT2D eigenvalue weighted by atomic mass is 10.1. The van der Waals surface area contributed by atoms with E-state index < -0.39 is 11.2 Å². The molecule has 0 atom stereocenters. The molecular weight excluding hydrogens is 282 g/mol. The van der Waals surface area contributed by atoms with Crippen molar-refractivity contribution in [2.75, 3.05) is 0 Å². The largest absolute Gasteiger partial charge is 0.331 e. The molecule has 0 unspecified atom stereocenters. The number of hydrogen-bond acceptors (Lipinski definition) is 4. The van der Waals surface area contributed by atoms with Crippen molar-refractivity contribution in [3.8, 4) is 6.07 Å². The zero-order chi connectivity index (χ0) is 16.3. The average molecular weight is 297 g/mol. The lowest BCUT2D eigenvalue weighted by molar-refractivity contribution is 0.0968. The van der Waals surface area contributed by atoms with Crippen LogP contribution in [0.3, 0.4) is 0 Å². The number of ketones is 1. The third-order valence-electron chi connectivity index (χ3n) is 3.45. The molecule has 0 aliphatic carbocycles. The standard InChI is InChI=1S/C16H15N3O3/c1-3-18-9-12(8-17)15(21)19(16(18)22)10-14(20)13-7-5-4-6-11(13)2/h4-7,9H,3,10H2,1-2H3. The van der Waals surface area contributed by atoms with Crippen molar-refractivity contribution < 1.29 is 4.79 Å². The van der Waals surface area contributed by atoms with Crippen molar-refractivity contribution in [3.63, 3.8) is 0 Å². The summed E-state index contributed by atoms with van der Waals surface area (Å²) >= 11 is 0. The van der Waals surface area contributed by atoms with Gasteiger partial charge in [0.1, 0.15) is 11.6 Å². The number of nitrogens with zero attached hydrogens (tertiary/aromatic N) is 3. The summed E-state index contributed by atoms with van der Waals surface area (Å²) in [4.78, 5) is 36.7. The van der Waals surface area contributed by atoms with Gasteiger partial charge in [-0.25, -0.2) is 4.79 Å². The molecule has 22 heavy (non-hydrogen) atoms. The molecule has 6 nitrogen and oxygen atoms in total. The summed E-state index contributed by atoms with van der Waals surface area (Å²) in [7, 11) is 0. The van der Waals surface area contributed by atoms with Crippen LogP contribution in [0.15, 0.2) is 40.1 Å². The lowest BCUT2D eigenvalue weighted by Gasteiger charge is -2.10. The highest BCUT2D eigenvalue weighted by molar-refractivity contribution is 5.97. The molecule has 6 heteroatoms. The number of carbonyl (C=O) groups is 1. The van der Waals surface area contributed by atoms with Crippen LogP contribution in [0.2, 0.25) is 0 Å². The third kappa shape index (κ3) is 2.74. The van der Waals surface area contributed by atoms with Gasteiger partial charge < -0.3 is 0 Å². The molecule has 1 heterocycles. The predicted octanol–water partition coefficient (Wildman–Crippen LogP) is 1.09. The van der Waals surface area contributed by atoms with Crippen LogP contribution in [0.4, 0.5) is 0 Å². The van der Waals surface area contributed by atoms with Crippen LogP contribution in [0.1, 0.15) is 28.4 Å². The van der Waals surface area contributed by atoms with Crippen LogP contribution < -0.4 is 11.2 Å². The summed E-state index contributed by atoms with van der Waals surface area (Å²) in [6.07, 6.45) is 1.22. The maximum atomic E-state index is 12.3. The molecule has 0 radical (unpaired) electrons. The van der Waals surface area contributed by atoms with Gasteiger partial charge in [-0.2, -0.15) is 5.26 Å². The molecule has 0 fully saturated rings. The van der Waals surface area contributed by atoms with Crippen LogP contribution in [0.5, 0.6) is 0 Å². The van der Waals surface area contributed by atoms with Crippen molar-refractivity contribution in [1.82, 2.24) is 9.13 Å². The molecule has 2 rings (SSSR count). The van der Waals surface area contributed by atoms with Gasteiger partial charge in [0.05, 0.1) is 6.54 Å². The SMILES string of the molecule is CCn1cc(C#N)c(=O)n(CC(=O)c2ccccc2C)c1=O. The summed E-state index contributed by atoms with van der Waals surface area (Å²) in [5, 5.41) is 8.99. The lowest BCUT2D eigenvalue weighted by Crippen LogP contribution is -2.42. The topological polar surface area (TPSA) is 84.9 Å². The van der Waals surface area contributed by atoms with E-state index in [0.29, 0.717) is 12.1 Å². The summed E-state index contributed by atoms with van der Waals surface area (Å²) < 4.78 is 2.06. The molecule has 0 saturated carbocycles. The van der Waals surface area contributed by atoms with E-state index in [2.05, 4.69) is 0 Å². The van der Waals surface area contributed by atoms with Crippen LogP contribution in [0, 0.1) is 18.3 Å². The van der Waals surface area contributed by atoms with Gasteiger partial charge in [0, 0.05) is 18.3 Å². The highest BCUT2D eigenvalue weighted by Crippen LogP contribution is 2.08. The number of benzene rings is 1. The number of nitriles is 1. The second kappa shape index (κ2) is 6.22. The minimum absolute atomic E-state index is 0.154. The van der Waals surface area contributed by atoms with Crippen molar-refractivity contribution >= 4 is 5.78 Å². The number of aromatic nitrogens is 2. The monoisotopic (exact) mass is 297 g/mol. The zero-order valence-corrected chi connectivity index (χ0v) is 12.4. The van der Waals surface area contributed by atoms with E-state index in [0.717, 1.165) is 10.1 Å². The van der Waals surface area contributed by atoms with E-state index in [9.17, 15) is 14.4 Å². The zero-order valence-electron chi connectivity index (χ0n) is 12.4. The molecule has 0 amide bonds. The Balaban J connectivity index is 2.53. The van der Waals surface area contributed by atoms with Crippen molar-refractivity contribution in [1.29, 1.82) is 5.26 Å². The fourth-order valence-corrected chi connectivity index (χ4v) is 2.21. The maximum absolute atomic E-state index is 12.3. The fourth-order valence-electron chi connectivity index (χ4n) is 2.21. The molecule has 0 aliphatic rings. The van der Waals surface area contributed by atoms with Crippen LogP contribution in [-0.2, 0) is 13.1 Å². The van der Waals surface area contributed by atoms with Gasteiger partial charge in [0.2, 0.25) is 0 Å². The average Bonchev–Trinajstić information content (AvgIpc) is 2.52. The highest BCUT2D eigenvalue weighted by atomic mass is 16.2. The first kappa shape index (κ1) is 15.4. The second-order valence-electron chi connectivity index (χ2n) is 4.85. The first-order valence-electron chi connectivity index (χ1n) is 6.82. The van der Waals surface area contributed by atoms with E-state index in [1.807, 2.05) is 0 Å². The van der Waals surface area contributed by atoms with Gasteiger partial charge in [-0.1, -0.05) is 24.3 Å². The van der Waals surface area contributed by atoms with E-state index in [1.165, 1.54) is 10.8 Å². The van der Waals surface area contributed by atoms with Gasteiger partial charge in [-0.3, -0.25) is 18.7 Å². The highest BCUT2D eigenvalue weighted by Gasteiger charge is 2.15. The van der Waals surface area contributed by atoms with Crippen molar-refractivity contribution in [3.05, 3.63) is 68.0 Å². The fraction of sp³-hybridized carbons (Fsp3) is 0.250. The van der Waals surface area contributed by atoms with Crippen LogP contribution in [0.25, 0.3) is 0 Å². The Morgan fingerprint density at radius 1 is 1.27 bits per heavy atom. The number of carbonyl (C=O) groups excluding carboxylic acids is 1. The molecule has 0 N–H and O–H groups in total. The molecule has 0 saturated heterocycles. The van der Waals surface area contributed by atoms with Crippen LogP contribution >= 0.6 is 0 Å². The van der Waals surface area contributed by atoms with Gasteiger partial charge in [-0.15, -0.1) is 0 Å². The van der Waals surface area contributed by atoms with Gasteiger partial charge in [-0.05, 0) is 19.4 Å². The maximum Gasteiger partial charge on any atom is 0.331 e. The minimum atomic E-state index is -0.737. The van der Waals surface area contributed by atoms with Gasteiger partial charge in [0.25, 0.3) is 5.56 Å². The van der Waals surface area contributed by atoms with E-state index in [1.54, 1.807) is 44.2 Å². The third-order valence-corrected chi connectivity index (χ3v) is 3.45. The number of hydrogen-bond donors (Lipinski definition) is 0. The van der Waals surface area contributed by atoms with Gasteiger partial charge in [0.15, 0.2) is 5.78 Å². The van der Waals surface area contributed by atoms with Crippen LogP contribution in [-0.4, -0.2) is 14.9 Å². The molecule has 1 aromatic carbocycles. The number of aryl methyl sites for hydroxylation is 2. The molecule has 0 bridgehead atoms. The Morgan fingerprint density at radius 3 is 2.55 bits per heavy atom. The Labute approximate surface area is 126 Å². The first-order valence-corrected chi connectivity index (χ1v) is 6.82. The van der Waals surface area contributed by atoms with Crippen molar-refractivity contribution in [2.24, 2.45) is 0 Å². The summed E-state index contributed by atoms with van der Waals surface area (Å²) in [6, 6.07) is 8.71. The first-order chi connectivity index (χ1) is 10.5. The Bertz CT molecular complexity index is 885. The molecular formula is C16H15N3O3. The summed E-state index contributed by atoms with van der Waals surface area (Å²) in [5.74, 6) is -0.338. The molecule has 112 valence electrons. The smallest absolute Gasteiger partial charge is 0.299 e. The summed E-state index contributed by atoms with van der Waals surface area (Å²) in [6.45, 7) is 3.44. The normalized spacial score (nSPS) is 10.2. The predicted molar refractivity (Wildman–Crippen MR) is 80.9 cm³/mol. The van der Waals surface area contributed by atoms with Crippen molar-refractivity contribution in [2.45, 2.75) is 26.9 Å². The molecule has 0 spiro atoms. The van der Waals surface area contributed by atoms with Gasteiger partial charge >= 0.3 is 5.69 Å². The number of Topliss-reactive ketones (excluding diaryl/α,β-unsaturated/α-hetero) is 1. The molecule has 2 aromatic rings. The molecule has 1 aromatic heterocycles. The summed E-state index contributed by atoms with van der Waals surface area (Å²) in [5.41, 5.74) is -0.251. The molecule has 0 aliphatic heterocycles. The van der Waals surface area contributed by atoms with E-state index >= 15 is 0 Å². The second-order valence-corrected chi connectivity index (χ2v) is 4.85.